The molecule has 1 aliphatic heterocycles. The molecule has 0 unspecified atom stereocenters. The lowest BCUT2D eigenvalue weighted by molar-refractivity contribution is 0.141. The maximum atomic E-state index is 10.6. The molecule has 4 nitrogen and oxygen atoms in total. The summed E-state index contributed by atoms with van der Waals surface area (Å²) in [5.41, 5.74) is 3.43. The van der Waals surface area contributed by atoms with Crippen molar-refractivity contribution in [2.24, 2.45) is 0 Å². The maximum absolute atomic E-state index is 10.6. The molecule has 1 N–H and O–H groups in total. The second kappa shape index (κ2) is 7.02. The van der Waals surface area contributed by atoms with Crippen LogP contribution in [0.4, 0.5) is 0 Å². The van der Waals surface area contributed by atoms with Crippen LogP contribution in [0.15, 0.2) is 54.6 Å². The van der Waals surface area contributed by atoms with E-state index in [0.717, 1.165) is 30.9 Å². The standard InChI is InChI=1S/C23H27NO3/c1-24-12-11-23(17-9-10-20(26-2)21(13-17)27-3)19(14-18(25)15-22(23)24)16-7-5-4-6-8-16/h4-10,13-14,18,22,25H,11-12,15H2,1-3H3/t18-,22+,23+/m1/s1. The van der Waals surface area contributed by atoms with Gasteiger partial charge in [-0.2, -0.15) is 0 Å². The number of rotatable bonds is 4. The van der Waals surface area contributed by atoms with E-state index in [1.807, 2.05) is 12.1 Å². The van der Waals surface area contributed by atoms with Crippen LogP contribution in [0.3, 0.4) is 0 Å². The van der Waals surface area contributed by atoms with Crippen molar-refractivity contribution in [1.82, 2.24) is 4.90 Å². The number of hydrogen-bond acceptors (Lipinski definition) is 4. The van der Waals surface area contributed by atoms with Crippen LogP contribution in [0.1, 0.15) is 24.0 Å². The number of hydrogen-bond donors (Lipinski definition) is 1. The summed E-state index contributed by atoms with van der Waals surface area (Å²) in [6.45, 7) is 0.996. The first-order valence-electron chi connectivity index (χ1n) is 9.48. The lowest BCUT2D eigenvalue weighted by atomic mass is 9.62. The Morgan fingerprint density at radius 3 is 2.48 bits per heavy atom. The van der Waals surface area contributed by atoms with E-state index < -0.39 is 6.10 Å². The van der Waals surface area contributed by atoms with Crippen LogP contribution in [0.25, 0.3) is 5.57 Å². The molecule has 0 spiro atoms. The highest BCUT2D eigenvalue weighted by Crippen LogP contribution is 2.54. The molecular formula is C23H27NO3. The zero-order valence-corrected chi connectivity index (χ0v) is 16.2. The molecule has 27 heavy (non-hydrogen) atoms. The third-order valence-corrected chi connectivity index (χ3v) is 6.25. The van der Waals surface area contributed by atoms with Crippen LogP contribution in [-0.2, 0) is 5.41 Å². The van der Waals surface area contributed by atoms with E-state index in [1.54, 1.807) is 14.2 Å². The minimum absolute atomic E-state index is 0.172. The molecule has 1 fully saturated rings. The molecule has 2 aromatic rings. The first-order valence-corrected chi connectivity index (χ1v) is 9.48. The first kappa shape index (κ1) is 18.1. The summed E-state index contributed by atoms with van der Waals surface area (Å²) in [5, 5.41) is 10.6. The van der Waals surface area contributed by atoms with E-state index in [-0.39, 0.29) is 11.5 Å². The number of methoxy groups -OCH3 is 2. The summed E-state index contributed by atoms with van der Waals surface area (Å²) < 4.78 is 11.0. The van der Waals surface area contributed by atoms with Crippen LogP contribution in [0.2, 0.25) is 0 Å². The minimum atomic E-state index is -0.431. The quantitative estimate of drug-likeness (QED) is 0.901. The molecule has 0 bridgehead atoms. The number of benzene rings is 2. The van der Waals surface area contributed by atoms with Crippen molar-refractivity contribution in [3.8, 4) is 11.5 Å². The normalized spacial score (nSPS) is 27.8. The van der Waals surface area contributed by atoms with Crippen LogP contribution >= 0.6 is 0 Å². The fourth-order valence-electron chi connectivity index (χ4n) is 4.96. The smallest absolute Gasteiger partial charge is 0.161 e. The molecule has 1 heterocycles. The highest BCUT2D eigenvalue weighted by atomic mass is 16.5. The highest BCUT2D eigenvalue weighted by molar-refractivity contribution is 5.79. The van der Waals surface area contributed by atoms with Crippen LogP contribution in [-0.4, -0.2) is 50.0 Å². The van der Waals surface area contributed by atoms with E-state index >= 15 is 0 Å². The van der Waals surface area contributed by atoms with Gasteiger partial charge in [-0.05, 0) is 55.3 Å². The molecule has 1 aliphatic carbocycles. The van der Waals surface area contributed by atoms with Gasteiger partial charge in [-0.15, -0.1) is 0 Å². The van der Waals surface area contributed by atoms with Gasteiger partial charge in [0.15, 0.2) is 11.5 Å². The lowest BCUT2D eigenvalue weighted by Gasteiger charge is -2.44. The Balaban J connectivity index is 1.93. The van der Waals surface area contributed by atoms with Crippen molar-refractivity contribution < 1.29 is 14.6 Å². The Morgan fingerprint density at radius 2 is 1.78 bits per heavy atom. The predicted molar refractivity (Wildman–Crippen MR) is 107 cm³/mol. The van der Waals surface area contributed by atoms with Gasteiger partial charge in [0.25, 0.3) is 0 Å². The Labute approximate surface area is 161 Å². The first-order chi connectivity index (χ1) is 13.1. The van der Waals surface area contributed by atoms with Gasteiger partial charge in [-0.3, -0.25) is 0 Å². The third kappa shape index (κ3) is 2.84. The molecule has 4 heteroatoms. The van der Waals surface area contributed by atoms with Gasteiger partial charge in [0.2, 0.25) is 0 Å². The SMILES string of the molecule is COc1ccc([C@]23CCN(C)[C@H]2C[C@H](O)C=C3c2ccccc2)cc1OC. The average Bonchev–Trinajstić information content (AvgIpc) is 3.05. The van der Waals surface area contributed by atoms with Crippen molar-refractivity contribution in [3.63, 3.8) is 0 Å². The van der Waals surface area contributed by atoms with Crippen molar-refractivity contribution in [3.05, 3.63) is 65.7 Å². The Bertz CT molecular complexity index is 848. The molecule has 0 radical (unpaired) electrons. The molecular weight excluding hydrogens is 338 g/mol. The largest absolute Gasteiger partial charge is 0.493 e. The van der Waals surface area contributed by atoms with Crippen LogP contribution < -0.4 is 9.47 Å². The summed E-state index contributed by atoms with van der Waals surface area (Å²) in [6.07, 6.45) is 3.37. The molecule has 142 valence electrons. The average molecular weight is 365 g/mol. The Morgan fingerprint density at radius 1 is 1.04 bits per heavy atom. The highest BCUT2D eigenvalue weighted by Gasteiger charge is 2.52. The number of aliphatic hydroxyl groups excluding tert-OH is 1. The van der Waals surface area contributed by atoms with Crippen LogP contribution in [0.5, 0.6) is 11.5 Å². The molecule has 0 saturated carbocycles. The molecule has 2 aliphatic rings. The predicted octanol–water partition coefficient (Wildman–Crippen LogP) is 3.49. The topological polar surface area (TPSA) is 41.9 Å². The van der Waals surface area contributed by atoms with E-state index in [9.17, 15) is 5.11 Å². The lowest BCUT2D eigenvalue weighted by Crippen LogP contribution is -2.47. The van der Waals surface area contributed by atoms with Crippen molar-refractivity contribution in [2.45, 2.75) is 30.4 Å². The molecule has 0 amide bonds. The van der Waals surface area contributed by atoms with Gasteiger partial charge in [0, 0.05) is 11.5 Å². The number of fused-ring (bicyclic) bond motifs is 1. The maximum Gasteiger partial charge on any atom is 0.161 e. The summed E-state index contributed by atoms with van der Waals surface area (Å²) in [6, 6.07) is 16.9. The molecule has 2 aromatic carbocycles. The second-order valence-electron chi connectivity index (χ2n) is 7.54. The summed E-state index contributed by atoms with van der Waals surface area (Å²) >= 11 is 0. The van der Waals surface area contributed by atoms with Crippen molar-refractivity contribution in [1.29, 1.82) is 0 Å². The summed E-state index contributed by atoms with van der Waals surface area (Å²) in [7, 11) is 5.50. The van der Waals surface area contributed by atoms with Gasteiger partial charge in [0.1, 0.15) is 0 Å². The van der Waals surface area contributed by atoms with E-state index in [1.165, 1.54) is 16.7 Å². The molecule has 0 aromatic heterocycles. The third-order valence-electron chi connectivity index (χ3n) is 6.25. The minimum Gasteiger partial charge on any atom is -0.493 e. The Kier molecular flexibility index (Phi) is 4.70. The van der Waals surface area contributed by atoms with E-state index in [0.29, 0.717) is 0 Å². The number of likely N-dealkylation sites (tertiary alicyclic amines) is 1. The fourth-order valence-corrected chi connectivity index (χ4v) is 4.96. The fraction of sp³-hybridized carbons (Fsp3) is 0.391. The van der Waals surface area contributed by atoms with Gasteiger partial charge in [-0.25, -0.2) is 0 Å². The molecule has 3 atom stereocenters. The van der Waals surface area contributed by atoms with Crippen molar-refractivity contribution in [2.75, 3.05) is 27.8 Å². The second-order valence-corrected chi connectivity index (χ2v) is 7.54. The van der Waals surface area contributed by atoms with Gasteiger partial charge in [0.05, 0.1) is 20.3 Å². The summed E-state index contributed by atoms with van der Waals surface area (Å²) in [5.74, 6) is 1.48. The van der Waals surface area contributed by atoms with Gasteiger partial charge in [-0.1, -0.05) is 42.5 Å². The van der Waals surface area contributed by atoms with Gasteiger partial charge >= 0.3 is 0 Å². The number of likely N-dealkylation sites (N-methyl/N-ethyl adjacent to an activating group) is 1. The zero-order valence-electron chi connectivity index (χ0n) is 16.2. The van der Waals surface area contributed by atoms with E-state index in [2.05, 4.69) is 54.4 Å². The van der Waals surface area contributed by atoms with Gasteiger partial charge < -0.3 is 19.5 Å². The number of aliphatic hydroxyl groups is 1. The molecule has 1 saturated heterocycles. The number of ether oxygens (including phenoxy) is 2. The monoisotopic (exact) mass is 365 g/mol. The number of nitrogens with zero attached hydrogens (tertiary/aromatic N) is 1. The van der Waals surface area contributed by atoms with Crippen LogP contribution in [0, 0.1) is 0 Å². The zero-order chi connectivity index (χ0) is 19.0. The summed E-state index contributed by atoms with van der Waals surface area (Å²) in [4.78, 5) is 2.38. The Hall–Kier alpha value is -2.30. The molecule has 4 rings (SSSR count). The van der Waals surface area contributed by atoms with Crippen molar-refractivity contribution >= 4 is 5.57 Å². The van der Waals surface area contributed by atoms with E-state index in [4.69, 9.17) is 9.47 Å².